The van der Waals surface area contributed by atoms with Crippen molar-refractivity contribution in [2.24, 2.45) is 5.73 Å². The Morgan fingerprint density at radius 1 is 1.56 bits per heavy atom. The Kier molecular flexibility index (Phi) is 3.01. The van der Waals surface area contributed by atoms with E-state index in [1.807, 2.05) is 0 Å². The maximum absolute atomic E-state index is 10.2. The Morgan fingerprint density at radius 3 is 2.11 bits per heavy atom. The standard InChI is InChI=1S/C5H7NO2S/c1-3(5(6)8)2-4(7)9/h1-2H2,(H2,6,8)(H,7,9). The second-order valence-corrected chi connectivity index (χ2v) is 2.04. The first-order valence-electron chi connectivity index (χ1n) is 2.23. The zero-order valence-electron chi connectivity index (χ0n) is 4.76. The number of amides is 1. The van der Waals surface area contributed by atoms with Crippen LogP contribution in [0.1, 0.15) is 6.42 Å². The molecule has 3 nitrogen and oxygen atoms in total. The van der Waals surface area contributed by atoms with Gasteiger partial charge in [-0.05, 0) is 0 Å². The molecule has 0 aliphatic rings. The van der Waals surface area contributed by atoms with Gasteiger partial charge in [0.05, 0.1) is 0 Å². The van der Waals surface area contributed by atoms with Gasteiger partial charge in [-0.15, -0.1) is 12.6 Å². The second kappa shape index (κ2) is 3.29. The molecule has 50 valence electrons. The fourth-order valence-electron chi connectivity index (χ4n) is 0.270. The molecular formula is C5H7NO2S. The van der Waals surface area contributed by atoms with E-state index in [9.17, 15) is 9.59 Å². The third kappa shape index (κ3) is 3.78. The van der Waals surface area contributed by atoms with E-state index in [1.54, 1.807) is 0 Å². The number of carbonyl (C=O) groups excluding carboxylic acids is 2. The minimum absolute atomic E-state index is 0.0710. The lowest BCUT2D eigenvalue weighted by Crippen LogP contribution is -2.14. The van der Waals surface area contributed by atoms with Gasteiger partial charge in [-0.25, -0.2) is 0 Å². The van der Waals surface area contributed by atoms with Crippen LogP contribution in [-0.4, -0.2) is 11.0 Å². The van der Waals surface area contributed by atoms with E-state index in [0.29, 0.717) is 0 Å². The van der Waals surface area contributed by atoms with Crippen molar-refractivity contribution in [2.45, 2.75) is 6.42 Å². The molecule has 0 saturated heterocycles. The average Bonchev–Trinajstić information content (AvgIpc) is 1.63. The molecule has 0 aromatic heterocycles. The number of nitrogens with two attached hydrogens (primary N) is 1. The number of carbonyl (C=O) groups is 2. The highest BCUT2D eigenvalue weighted by atomic mass is 32.1. The number of hydrogen-bond acceptors (Lipinski definition) is 2. The van der Waals surface area contributed by atoms with Gasteiger partial charge in [0.2, 0.25) is 5.91 Å². The molecule has 0 rings (SSSR count). The zero-order chi connectivity index (χ0) is 7.44. The monoisotopic (exact) mass is 145 g/mol. The number of hydrogen-bond donors (Lipinski definition) is 2. The van der Waals surface area contributed by atoms with Gasteiger partial charge in [0, 0.05) is 12.0 Å². The van der Waals surface area contributed by atoms with Crippen LogP contribution in [0.4, 0.5) is 0 Å². The third-order valence-electron chi connectivity index (χ3n) is 0.713. The molecule has 0 fully saturated rings. The van der Waals surface area contributed by atoms with Crippen molar-refractivity contribution < 1.29 is 9.59 Å². The SMILES string of the molecule is C=C(CC(=O)S)C(N)=O. The molecule has 4 heteroatoms. The smallest absolute Gasteiger partial charge is 0.244 e. The van der Waals surface area contributed by atoms with Crippen molar-refractivity contribution >= 4 is 23.7 Å². The van der Waals surface area contributed by atoms with E-state index in [2.05, 4.69) is 19.2 Å². The van der Waals surface area contributed by atoms with E-state index in [4.69, 9.17) is 5.73 Å². The van der Waals surface area contributed by atoms with Crippen LogP contribution >= 0.6 is 12.6 Å². The second-order valence-electron chi connectivity index (χ2n) is 1.54. The Labute approximate surface area is 58.3 Å². The maximum Gasteiger partial charge on any atom is 0.244 e. The summed E-state index contributed by atoms with van der Waals surface area (Å²) < 4.78 is 0. The Bertz CT molecular complexity index is 164. The molecule has 0 atom stereocenters. The molecule has 0 bridgehead atoms. The Hall–Kier alpha value is -0.770. The zero-order valence-corrected chi connectivity index (χ0v) is 5.65. The first-order valence-corrected chi connectivity index (χ1v) is 2.68. The number of primary amides is 1. The summed E-state index contributed by atoms with van der Waals surface area (Å²) in [6.07, 6.45) is -0.0710. The van der Waals surface area contributed by atoms with Crippen LogP contribution < -0.4 is 5.73 Å². The summed E-state index contributed by atoms with van der Waals surface area (Å²) in [4.78, 5) is 20.3. The van der Waals surface area contributed by atoms with Gasteiger partial charge in [-0.2, -0.15) is 0 Å². The molecule has 0 unspecified atom stereocenters. The topological polar surface area (TPSA) is 60.2 Å². The first kappa shape index (κ1) is 8.23. The maximum atomic E-state index is 10.2. The highest BCUT2D eigenvalue weighted by molar-refractivity contribution is 7.96. The van der Waals surface area contributed by atoms with E-state index >= 15 is 0 Å². The van der Waals surface area contributed by atoms with Crippen molar-refractivity contribution in [1.82, 2.24) is 0 Å². The van der Waals surface area contributed by atoms with Gasteiger partial charge in [-0.1, -0.05) is 6.58 Å². The van der Waals surface area contributed by atoms with Crippen molar-refractivity contribution in [3.8, 4) is 0 Å². The minimum atomic E-state index is -0.655. The van der Waals surface area contributed by atoms with Crippen LogP contribution in [0.15, 0.2) is 12.2 Å². The van der Waals surface area contributed by atoms with Crippen LogP contribution in [0.2, 0.25) is 0 Å². The molecular weight excluding hydrogens is 138 g/mol. The molecule has 2 N–H and O–H groups in total. The van der Waals surface area contributed by atoms with Gasteiger partial charge in [0.1, 0.15) is 0 Å². The van der Waals surface area contributed by atoms with Gasteiger partial charge in [0.25, 0.3) is 0 Å². The highest BCUT2D eigenvalue weighted by Gasteiger charge is 2.03. The van der Waals surface area contributed by atoms with Crippen LogP contribution in [0.3, 0.4) is 0 Å². The summed E-state index contributed by atoms with van der Waals surface area (Å²) >= 11 is 3.42. The number of thiol groups is 1. The lowest BCUT2D eigenvalue weighted by molar-refractivity contribution is -0.116. The summed E-state index contributed by atoms with van der Waals surface area (Å²) in [7, 11) is 0. The van der Waals surface area contributed by atoms with Gasteiger partial charge in [0.15, 0.2) is 5.12 Å². The quantitative estimate of drug-likeness (QED) is 0.429. The van der Waals surface area contributed by atoms with Crippen LogP contribution in [0.25, 0.3) is 0 Å². The fourth-order valence-corrected chi connectivity index (χ4v) is 0.461. The molecule has 0 saturated carbocycles. The lowest BCUT2D eigenvalue weighted by atomic mass is 10.2. The molecule has 0 aromatic rings. The first-order chi connectivity index (χ1) is 4.04. The van der Waals surface area contributed by atoms with Crippen LogP contribution in [0.5, 0.6) is 0 Å². The summed E-state index contributed by atoms with van der Waals surface area (Å²) in [5, 5.41) is -0.404. The third-order valence-corrected chi connectivity index (χ3v) is 0.871. The molecule has 0 spiro atoms. The summed E-state index contributed by atoms with van der Waals surface area (Å²) in [6, 6.07) is 0. The largest absolute Gasteiger partial charge is 0.366 e. The lowest BCUT2D eigenvalue weighted by Gasteiger charge is -1.92. The molecule has 9 heavy (non-hydrogen) atoms. The van der Waals surface area contributed by atoms with Crippen molar-refractivity contribution in [1.29, 1.82) is 0 Å². The predicted molar refractivity (Wildman–Crippen MR) is 36.9 cm³/mol. The van der Waals surface area contributed by atoms with Crippen LogP contribution in [-0.2, 0) is 9.59 Å². The molecule has 0 radical (unpaired) electrons. The Morgan fingerprint density at radius 2 is 2.00 bits per heavy atom. The van der Waals surface area contributed by atoms with E-state index in [0.717, 1.165) is 0 Å². The van der Waals surface area contributed by atoms with Crippen molar-refractivity contribution in [3.63, 3.8) is 0 Å². The minimum Gasteiger partial charge on any atom is -0.366 e. The molecule has 0 aromatic carbocycles. The van der Waals surface area contributed by atoms with Gasteiger partial charge >= 0.3 is 0 Å². The van der Waals surface area contributed by atoms with Crippen LogP contribution in [0, 0.1) is 0 Å². The van der Waals surface area contributed by atoms with E-state index in [-0.39, 0.29) is 12.0 Å². The highest BCUT2D eigenvalue weighted by Crippen LogP contribution is 1.98. The molecule has 0 aliphatic carbocycles. The van der Waals surface area contributed by atoms with Gasteiger partial charge in [-0.3, -0.25) is 9.59 Å². The summed E-state index contributed by atoms with van der Waals surface area (Å²) in [6.45, 7) is 3.25. The van der Waals surface area contributed by atoms with Gasteiger partial charge < -0.3 is 5.73 Å². The molecule has 0 aliphatic heterocycles. The molecule has 0 heterocycles. The number of rotatable bonds is 3. The fraction of sp³-hybridized carbons (Fsp3) is 0.200. The van der Waals surface area contributed by atoms with Crippen molar-refractivity contribution in [3.05, 3.63) is 12.2 Å². The van der Waals surface area contributed by atoms with E-state index < -0.39 is 11.0 Å². The summed E-state index contributed by atoms with van der Waals surface area (Å²) in [5.74, 6) is -0.655. The van der Waals surface area contributed by atoms with E-state index in [1.165, 1.54) is 0 Å². The normalized spacial score (nSPS) is 8.56. The summed E-state index contributed by atoms with van der Waals surface area (Å²) in [5.41, 5.74) is 4.85. The van der Waals surface area contributed by atoms with Crippen molar-refractivity contribution in [2.75, 3.05) is 0 Å². The predicted octanol–water partition coefficient (Wildman–Crippen LogP) is -0.126. The average molecular weight is 145 g/mol. The molecule has 1 amide bonds. The Balaban J connectivity index is 3.79.